The summed E-state index contributed by atoms with van der Waals surface area (Å²) in [4.78, 5) is 12.1. The van der Waals surface area contributed by atoms with Crippen molar-refractivity contribution in [1.29, 1.82) is 0 Å². The summed E-state index contributed by atoms with van der Waals surface area (Å²) in [6, 6.07) is 10.1. The van der Waals surface area contributed by atoms with Gasteiger partial charge in [-0.25, -0.2) is 4.39 Å². The molecule has 0 heterocycles. The van der Waals surface area contributed by atoms with Gasteiger partial charge in [0.2, 0.25) is 5.91 Å². The van der Waals surface area contributed by atoms with Crippen LogP contribution < -0.4 is 11.1 Å². The summed E-state index contributed by atoms with van der Waals surface area (Å²) in [7, 11) is 0. The number of carbonyl (C=O) groups is 1. The number of carbonyl (C=O) groups excluding carboxylic acids is 1. The van der Waals surface area contributed by atoms with Crippen LogP contribution in [0.4, 0.5) is 10.1 Å². The summed E-state index contributed by atoms with van der Waals surface area (Å²) < 4.78 is 13.1. The lowest BCUT2D eigenvalue weighted by Gasteiger charge is -2.14. The highest BCUT2D eigenvalue weighted by atomic mass is 35.5. The van der Waals surface area contributed by atoms with Crippen molar-refractivity contribution in [3.8, 4) is 0 Å². The first-order valence-electron chi connectivity index (χ1n) is 5.75. The molecule has 1 amide bonds. The maximum absolute atomic E-state index is 13.1. The third-order valence-electron chi connectivity index (χ3n) is 2.70. The van der Waals surface area contributed by atoms with E-state index in [1.165, 1.54) is 0 Å². The normalized spacial score (nSPS) is 12.0. The summed E-state index contributed by atoms with van der Waals surface area (Å²) in [5, 5.41) is 2.54. The number of hydrogen-bond donors (Lipinski definition) is 2. The molecular formula is C14H11Cl2FN2O. The first kappa shape index (κ1) is 14.8. The van der Waals surface area contributed by atoms with Crippen LogP contribution in [0.25, 0.3) is 0 Å². The van der Waals surface area contributed by atoms with Gasteiger partial charge in [0.05, 0.1) is 15.7 Å². The first-order valence-corrected chi connectivity index (χ1v) is 6.50. The number of rotatable bonds is 3. The summed E-state index contributed by atoms with van der Waals surface area (Å²) in [6.07, 6.45) is 0. The van der Waals surface area contributed by atoms with Gasteiger partial charge in [0.25, 0.3) is 0 Å². The second kappa shape index (κ2) is 6.22. The van der Waals surface area contributed by atoms with Crippen molar-refractivity contribution in [3.05, 3.63) is 63.9 Å². The molecular weight excluding hydrogens is 302 g/mol. The van der Waals surface area contributed by atoms with Crippen LogP contribution >= 0.6 is 23.2 Å². The molecule has 3 nitrogen and oxygen atoms in total. The Morgan fingerprint density at radius 2 is 1.70 bits per heavy atom. The van der Waals surface area contributed by atoms with Crippen LogP contribution in [0.2, 0.25) is 10.0 Å². The predicted octanol–water partition coefficient (Wildman–Crippen LogP) is 3.77. The minimum atomic E-state index is -0.867. The molecule has 0 aliphatic rings. The molecule has 0 fully saturated rings. The zero-order valence-corrected chi connectivity index (χ0v) is 11.8. The second-order valence-electron chi connectivity index (χ2n) is 4.12. The van der Waals surface area contributed by atoms with Crippen LogP contribution in [0.5, 0.6) is 0 Å². The number of halogens is 3. The Morgan fingerprint density at radius 3 is 2.25 bits per heavy atom. The molecule has 0 spiro atoms. The molecule has 0 radical (unpaired) electrons. The van der Waals surface area contributed by atoms with Crippen LogP contribution in [0.3, 0.4) is 0 Å². The van der Waals surface area contributed by atoms with Gasteiger partial charge in [-0.15, -0.1) is 0 Å². The van der Waals surface area contributed by atoms with E-state index in [4.69, 9.17) is 28.9 Å². The fourth-order valence-electron chi connectivity index (χ4n) is 1.67. The standard InChI is InChI=1S/C14H11Cl2FN2O/c15-10-6-9(17)7-11(16)13(10)19-14(20)12(18)8-4-2-1-3-5-8/h1-7,12H,18H2,(H,19,20)/t12-/m1/s1. The molecule has 6 heteroatoms. The van der Waals surface area contributed by atoms with Gasteiger partial charge >= 0.3 is 0 Å². The molecule has 104 valence electrons. The fraction of sp³-hybridized carbons (Fsp3) is 0.0714. The Bertz CT molecular complexity index is 611. The molecule has 0 aliphatic carbocycles. The topological polar surface area (TPSA) is 55.1 Å². The van der Waals surface area contributed by atoms with E-state index in [0.29, 0.717) is 5.56 Å². The number of hydrogen-bond acceptors (Lipinski definition) is 2. The van der Waals surface area contributed by atoms with Gasteiger partial charge in [-0.2, -0.15) is 0 Å². The zero-order chi connectivity index (χ0) is 14.7. The van der Waals surface area contributed by atoms with Crippen molar-refractivity contribution in [1.82, 2.24) is 0 Å². The van der Waals surface area contributed by atoms with Crippen LogP contribution in [0.15, 0.2) is 42.5 Å². The van der Waals surface area contributed by atoms with E-state index in [1.807, 2.05) is 6.07 Å². The molecule has 0 aromatic heterocycles. The summed E-state index contributed by atoms with van der Waals surface area (Å²) in [6.45, 7) is 0. The van der Waals surface area contributed by atoms with Gasteiger partial charge in [0.1, 0.15) is 11.9 Å². The van der Waals surface area contributed by atoms with E-state index >= 15 is 0 Å². The molecule has 0 saturated heterocycles. The van der Waals surface area contributed by atoms with E-state index in [2.05, 4.69) is 5.32 Å². The highest BCUT2D eigenvalue weighted by molar-refractivity contribution is 6.39. The largest absolute Gasteiger partial charge is 0.322 e. The number of nitrogens with one attached hydrogen (secondary N) is 1. The first-order chi connectivity index (χ1) is 9.49. The molecule has 2 aromatic carbocycles. The lowest BCUT2D eigenvalue weighted by molar-refractivity contribution is -0.117. The summed E-state index contributed by atoms with van der Waals surface area (Å²) >= 11 is 11.7. The SMILES string of the molecule is N[C@@H](C(=O)Nc1c(Cl)cc(F)cc1Cl)c1ccccc1. The maximum Gasteiger partial charge on any atom is 0.245 e. The average molecular weight is 313 g/mol. The third kappa shape index (κ3) is 3.28. The minimum absolute atomic E-state index is 0.0172. The van der Waals surface area contributed by atoms with Gasteiger partial charge in [0, 0.05) is 0 Å². The van der Waals surface area contributed by atoms with Crippen LogP contribution in [-0.4, -0.2) is 5.91 Å². The van der Waals surface area contributed by atoms with Crippen molar-refractivity contribution < 1.29 is 9.18 Å². The van der Waals surface area contributed by atoms with Gasteiger partial charge < -0.3 is 11.1 Å². The number of anilines is 1. The molecule has 3 N–H and O–H groups in total. The number of nitrogens with two attached hydrogens (primary N) is 1. The fourth-order valence-corrected chi connectivity index (χ4v) is 2.23. The second-order valence-corrected chi connectivity index (χ2v) is 4.94. The quantitative estimate of drug-likeness (QED) is 0.906. The van der Waals surface area contributed by atoms with Gasteiger partial charge in [-0.05, 0) is 17.7 Å². The predicted molar refractivity (Wildman–Crippen MR) is 78.4 cm³/mol. The molecule has 0 bridgehead atoms. The highest BCUT2D eigenvalue weighted by Crippen LogP contribution is 2.31. The van der Waals surface area contributed by atoms with E-state index in [1.54, 1.807) is 24.3 Å². The molecule has 1 atom stereocenters. The third-order valence-corrected chi connectivity index (χ3v) is 3.29. The Labute approximate surface area is 125 Å². The average Bonchev–Trinajstić information content (AvgIpc) is 2.42. The highest BCUT2D eigenvalue weighted by Gasteiger charge is 2.18. The Morgan fingerprint density at radius 1 is 1.15 bits per heavy atom. The van der Waals surface area contributed by atoms with Crippen molar-refractivity contribution in [3.63, 3.8) is 0 Å². The number of amides is 1. The van der Waals surface area contributed by atoms with Gasteiger partial charge in [-0.3, -0.25) is 4.79 Å². The van der Waals surface area contributed by atoms with E-state index in [9.17, 15) is 9.18 Å². The number of benzene rings is 2. The molecule has 0 unspecified atom stereocenters. The van der Waals surface area contributed by atoms with E-state index < -0.39 is 17.8 Å². The molecule has 20 heavy (non-hydrogen) atoms. The zero-order valence-electron chi connectivity index (χ0n) is 10.2. The molecule has 0 saturated carbocycles. The molecule has 0 aliphatic heterocycles. The van der Waals surface area contributed by atoms with Crippen molar-refractivity contribution >= 4 is 34.8 Å². The smallest absolute Gasteiger partial charge is 0.245 e. The van der Waals surface area contributed by atoms with Gasteiger partial charge in [0.15, 0.2) is 0 Å². The summed E-state index contributed by atoms with van der Waals surface area (Å²) in [5.74, 6) is -1.06. The Balaban J connectivity index is 2.20. The molecule has 2 rings (SSSR count). The van der Waals surface area contributed by atoms with Crippen LogP contribution in [0, 0.1) is 5.82 Å². The minimum Gasteiger partial charge on any atom is -0.322 e. The summed E-state index contributed by atoms with van der Waals surface area (Å²) in [5.41, 5.74) is 6.64. The van der Waals surface area contributed by atoms with Crippen LogP contribution in [-0.2, 0) is 4.79 Å². The Hall–Kier alpha value is -1.62. The lowest BCUT2D eigenvalue weighted by Crippen LogP contribution is -2.27. The monoisotopic (exact) mass is 312 g/mol. The van der Waals surface area contributed by atoms with Crippen LogP contribution in [0.1, 0.15) is 11.6 Å². The van der Waals surface area contributed by atoms with E-state index in [-0.39, 0.29) is 15.7 Å². The lowest BCUT2D eigenvalue weighted by atomic mass is 10.1. The van der Waals surface area contributed by atoms with Crippen molar-refractivity contribution in [2.24, 2.45) is 5.73 Å². The van der Waals surface area contributed by atoms with Crippen molar-refractivity contribution in [2.75, 3.05) is 5.32 Å². The maximum atomic E-state index is 13.1. The Kier molecular flexibility index (Phi) is 4.60. The van der Waals surface area contributed by atoms with Gasteiger partial charge in [-0.1, -0.05) is 53.5 Å². The molecule has 2 aromatic rings. The van der Waals surface area contributed by atoms with E-state index in [0.717, 1.165) is 12.1 Å². The van der Waals surface area contributed by atoms with Crippen molar-refractivity contribution in [2.45, 2.75) is 6.04 Å².